The molecule has 1 N–H and O–H groups in total. The topological polar surface area (TPSA) is 55.6 Å². The van der Waals surface area contributed by atoms with Crippen molar-refractivity contribution in [3.63, 3.8) is 0 Å². The van der Waals surface area contributed by atoms with Crippen molar-refractivity contribution in [1.82, 2.24) is 4.57 Å². The molecule has 0 atom stereocenters. The van der Waals surface area contributed by atoms with E-state index < -0.39 is 0 Å². The molecule has 0 saturated heterocycles. The van der Waals surface area contributed by atoms with E-state index >= 15 is 0 Å². The predicted molar refractivity (Wildman–Crippen MR) is 122 cm³/mol. The molecule has 0 fully saturated rings. The molecule has 2 aromatic carbocycles. The van der Waals surface area contributed by atoms with Gasteiger partial charge in [0, 0.05) is 17.5 Å². The van der Waals surface area contributed by atoms with Crippen LogP contribution in [0.5, 0.6) is 5.75 Å². The van der Waals surface area contributed by atoms with E-state index in [4.69, 9.17) is 9.73 Å². The summed E-state index contributed by atoms with van der Waals surface area (Å²) in [6.07, 6.45) is 0. The summed E-state index contributed by atoms with van der Waals surface area (Å²) in [5.41, 5.74) is 5.11. The van der Waals surface area contributed by atoms with Crippen LogP contribution in [-0.2, 0) is 11.3 Å². The van der Waals surface area contributed by atoms with Gasteiger partial charge in [0.25, 0.3) is 5.91 Å². The summed E-state index contributed by atoms with van der Waals surface area (Å²) in [6.45, 7) is 9.73. The molecule has 1 aromatic heterocycles. The van der Waals surface area contributed by atoms with Gasteiger partial charge < -0.3 is 14.6 Å². The molecule has 0 radical (unpaired) electrons. The van der Waals surface area contributed by atoms with Crippen LogP contribution in [0.25, 0.3) is 11.3 Å². The first-order valence-electron chi connectivity index (χ1n) is 10.3. The second-order valence-corrected chi connectivity index (χ2v) is 9.15. The minimum absolute atomic E-state index is 0.0662. The van der Waals surface area contributed by atoms with Crippen molar-refractivity contribution < 1.29 is 9.53 Å². The number of nitrogens with zero attached hydrogens (tertiary/aromatic N) is 2. The van der Waals surface area contributed by atoms with Gasteiger partial charge in [0.05, 0.1) is 17.1 Å². The van der Waals surface area contributed by atoms with Gasteiger partial charge in [0.2, 0.25) is 0 Å². The molecular formula is C24H27N3O2S. The Kier molecular flexibility index (Phi) is 5.77. The SMILES string of the molecule is CC(C)Cn1c(-c2ccc3c(c2)NC(=O)CO3)csc1=Nc1ccc(C(C)C)cc1. The molecule has 1 amide bonds. The zero-order valence-corrected chi connectivity index (χ0v) is 18.6. The van der Waals surface area contributed by atoms with Crippen LogP contribution >= 0.6 is 11.3 Å². The van der Waals surface area contributed by atoms with Crippen LogP contribution in [0.1, 0.15) is 39.2 Å². The summed E-state index contributed by atoms with van der Waals surface area (Å²) in [4.78, 5) is 17.6. The number of benzene rings is 2. The quantitative estimate of drug-likeness (QED) is 0.586. The van der Waals surface area contributed by atoms with Crippen LogP contribution in [0.4, 0.5) is 11.4 Å². The lowest BCUT2D eigenvalue weighted by atomic mass is 10.0. The first-order valence-corrected chi connectivity index (χ1v) is 11.2. The summed E-state index contributed by atoms with van der Waals surface area (Å²) in [5, 5.41) is 5.03. The number of hydrogen-bond donors (Lipinski definition) is 1. The molecule has 5 nitrogen and oxygen atoms in total. The van der Waals surface area contributed by atoms with E-state index in [-0.39, 0.29) is 12.5 Å². The Hall–Kier alpha value is -2.86. The van der Waals surface area contributed by atoms with E-state index in [2.05, 4.69) is 67.2 Å². The zero-order chi connectivity index (χ0) is 21.3. The molecule has 0 aliphatic carbocycles. The number of anilines is 1. The highest BCUT2D eigenvalue weighted by molar-refractivity contribution is 7.07. The fourth-order valence-corrected chi connectivity index (χ4v) is 4.42. The number of amides is 1. The molecule has 3 aromatic rings. The van der Waals surface area contributed by atoms with Crippen molar-refractivity contribution >= 4 is 28.6 Å². The van der Waals surface area contributed by atoms with E-state index in [1.54, 1.807) is 11.3 Å². The second-order valence-electron chi connectivity index (χ2n) is 8.31. The van der Waals surface area contributed by atoms with E-state index in [0.717, 1.165) is 28.3 Å². The first kappa shape index (κ1) is 20.4. The summed E-state index contributed by atoms with van der Waals surface area (Å²) in [6, 6.07) is 14.4. The lowest BCUT2D eigenvalue weighted by Gasteiger charge is -2.19. The Morgan fingerprint density at radius 2 is 1.90 bits per heavy atom. The monoisotopic (exact) mass is 421 g/mol. The van der Waals surface area contributed by atoms with Crippen LogP contribution in [0.15, 0.2) is 52.8 Å². The third-order valence-electron chi connectivity index (χ3n) is 5.04. The second kappa shape index (κ2) is 8.48. The maximum atomic E-state index is 11.7. The number of ether oxygens (including phenoxy) is 1. The number of rotatable bonds is 5. The van der Waals surface area contributed by atoms with E-state index in [0.29, 0.717) is 23.3 Å². The Morgan fingerprint density at radius 3 is 2.60 bits per heavy atom. The predicted octanol–water partition coefficient (Wildman–Crippen LogP) is 5.56. The fraction of sp³-hybridized carbons (Fsp3) is 0.333. The van der Waals surface area contributed by atoms with Crippen molar-refractivity contribution in [2.24, 2.45) is 10.9 Å². The minimum Gasteiger partial charge on any atom is -0.482 e. The molecule has 156 valence electrons. The average molecular weight is 422 g/mol. The van der Waals surface area contributed by atoms with Crippen LogP contribution in [0.2, 0.25) is 0 Å². The highest BCUT2D eigenvalue weighted by atomic mass is 32.1. The van der Waals surface area contributed by atoms with E-state index in [9.17, 15) is 4.79 Å². The number of carbonyl (C=O) groups is 1. The summed E-state index contributed by atoms with van der Waals surface area (Å²) in [7, 11) is 0. The number of carbonyl (C=O) groups excluding carboxylic acids is 1. The van der Waals surface area contributed by atoms with Gasteiger partial charge in [-0.2, -0.15) is 0 Å². The minimum atomic E-state index is -0.124. The zero-order valence-electron chi connectivity index (χ0n) is 17.8. The average Bonchev–Trinajstić information content (AvgIpc) is 3.09. The third-order valence-corrected chi connectivity index (χ3v) is 5.90. The molecule has 0 unspecified atom stereocenters. The van der Waals surface area contributed by atoms with Crippen molar-refractivity contribution in [3.8, 4) is 17.0 Å². The number of hydrogen-bond acceptors (Lipinski definition) is 4. The third kappa shape index (κ3) is 4.33. The molecular weight excluding hydrogens is 394 g/mol. The van der Waals surface area contributed by atoms with Crippen molar-refractivity contribution in [2.45, 2.75) is 40.2 Å². The molecule has 1 aliphatic rings. The van der Waals surface area contributed by atoms with E-state index in [1.165, 1.54) is 5.56 Å². The van der Waals surface area contributed by atoms with Gasteiger partial charge in [0.1, 0.15) is 5.75 Å². The van der Waals surface area contributed by atoms with Gasteiger partial charge in [-0.15, -0.1) is 11.3 Å². The molecule has 6 heteroatoms. The standard InChI is InChI=1S/C24H27N3O2S/c1-15(2)12-27-21(18-7-10-22-20(11-18)26-23(28)13-29-22)14-30-24(27)25-19-8-5-17(6-9-19)16(3)4/h5-11,14-16H,12-13H2,1-4H3,(H,26,28). The Morgan fingerprint density at radius 1 is 1.13 bits per heavy atom. The highest BCUT2D eigenvalue weighted by Gasteiger charge is 2.18. The maximum absolute atomic E-state index is 11.7. The maximum Gasteiger partial charge on any atom is 0.262 e. The van der Waals surface area contributed by atoms with Gasteiger partial charge in [0.15, 0.2) is 11.4 Å². The van der Waals surface area contributed by atoms with Gasteiger partial charge in [-0.3, -0.25) is 4.79 Å². The van der Waals surface area contributed by atoms with Gasteiger partial charge in [-0.1, -0.05) is 39.8 Å². The number of fused-ring (bicyclic) bond motifs is 1. The largest absolute Gasteiger partial charge is 0.482 e. The Bertz CT molecular complexity index is 1120. The number of aromatic nitrogens is 1. The van der Waals surface area contributed by atoms with Crippen LogP contribution in [0.3, 0.4) is 0 Å². The molecule has 30 heavy (non-hydrogen) atoms. The molecule has 1 aliphatic heterocycles. The smallest absolute Gasteiger partial charge is 0.262 e. The number of nitrogens with one attached hydrogen (secondary N) is 1. The molecule has 2 heterocycles. The molecule has 4 rings (SSSR count). The van der Waals surface area contributed by atoms with Crippen molar-refractivity contribution in [2.75, 3.05) is 11.9 Å². The fourth-order valence-electron chi connectivity index (χ4n) is 3.48. The van der Waals surface area contributed by atoms with Gasteiger partial charge >= 0.3 is 0 Å². The lowest BCUT2D eigenvalue weighted by Crippen LogP contribution is -2.25. The summed E-state index contributed by atoms with van der Waals surface area (Å²) < 4.78 is 7.76. The molecule has 0 spiro atoms. The molecule has 0 saturated carbocycles. The van der Waals surface area contributed by atoms with Crippen molar-refractivity contribution in [3.05, 3.63) is 58.2 Å². The van der Waals surface area contributed by atoms with Crippen LogP contribution in [0, 0.1) is 5.92 Å². The Labute approximate surface area is 181 Å². The van der Waals surface area contributed by atoms with Gasteiger partial charge in [-0.05, 0) is 47.7 Å². The summed E-state index contributed by atoms with van der Waals surface area (Å²) >= 11 is 1.63. The summed E-state index contributed by atoms with van der Waals surface area (Å²) in [5.74, 6) is 1.56. The highest BCUT2D eigenvalue weighted by Crippen LogP contribution is 2.33. The van der Waals surface area contributed by atoms with E-state index in [1.807, 2.05) is 18.2 Å². The first-order chi connectivity index (χ1) is 14.4. The molecule has 0 bridgehead atoms. The lowest BCUT2D eigenvalue weighted by molar-refractivity contribution is -0.118. The van der Waals surface area contributed by atoms with Crippen molar-refractivity contribution in [1.29, 1.82) is 0 Å². The van der Waals surface area contributed by atoms with Gasteiger partial charge in [-0.25, -0.2) is 4.99 Å². The normalized spacial score (nSPS) is 14.1. The number of thiazole rings is 1. The van der Waals surface area contributed by atoms with Crippen LogP contribution < -0.4 is 14.9 Å². The Balaban J connectivity index is 1.76. The van der Waals surface area contributed by atoms with Crippen LogP contribution in [-0.4, -0.2) is 17.1 Å².